The maximum atomic E-state index is 12.6. The van der Waals surface area contributed by atoms with Crippen molar-refractivity contribution in [2.24, 2.45) is 5.92 Å². The number of carbonyl (C=O) groups is 1. The molecule has 1 aromatic heterocycles. The maximum Gasteiger partial charge on any atom is 0.293 e. The van der Waals surface area contributed by atoms with E-state index < -0.39 is 6.10 Å². The fraction of sp³-hybridized carbons (Fsp3) is 0.500. The SMILES string of the molecule is CN(CC(O)C1CC1)C(=O)c1nc(C2CC2)n(-c2ccccc2)n1. The van der Waals surface area contributed by atoms with Crippen LogP contribution in [0.15, 0.2) is 30.3 Å². The largest absolute Gasteiger partial charge is 0.391 e. The van der Waals surface area contributed by atoms with Crippen LogP contribution < -0.4 is 0 Å². The van der Waals surface area contributed by atoms with Crippen LogP contribution in [0.2, 0.25) is 0 Å². The number of aliphatic hydroxyl groups is 1. The molecule has 2 aliphatic rings. The van der Waals surface area contributed by atoms with E-state index in [1.54, 1.807) is 11.7 Å². The summed E-state index contributed by atoms with van der Waals surface area (Å²) in [4.78, 5) is 18.7. The van der Waals surface area contributed by atoms with Crippen LogP contribution >= 0.6 is 0 Å². The Morgan fingerprint density at radius 2 is 2.00 bits per heavy atom. The molecule has 2 fully saturated rings. The Morgan fingerprint density at radius 3 is 2.62 bits per heavy atom. The number of carbonyl (C=O) groups excluding carboxylic acids is 1. The summed E-state index contributed by atoms with van der Waals surface area (Å²) < 4.78 is 1.79. The van der Waals surface area contributed by atoms with Gasteiger partial charge in [-0.3, -0.25) is 4.79 Å². The molecule has 2 aromatic rings. The smallest absolute Gasteiger partial charge is 0.293 e. The molecule has 2 aliphatic carbocycles. The van der Waals surface area contributed by atoms with Gasteiger partial charge in [-0.15, -0.1) is 5.10 Å². The summed E-state index contributed by atoms with van der Waals surface area (Å²) in [5.41, 5.74) is 0.923. The molecule has 126 valence electrons. The summed E-state index contributed by atoms with van der Waals surface area (Å²) in [6.45, 7) is 0.335. The minimum absolute atomic E-state index is 0.214. The molecule has 1 unspecified atom stereocenters. The van der Waals surface area contributed by atoms with Crippen molar-refractivity contribution >= 4 is 5.91 Å². The monoisotopic (exact) mass is 326 g/mol. The lowest BCUT2D eigenvalue weighted by molar-refractivity contribution is 0.0634. The second-order valence-electron chi connectivity index (χ2n) is 6.91. The van der Waals surface area contributed by atoms with Gasteiger partial charge in [0, 0.05) is 19.5 Å². The second kappa shape index (κ2) is 6.02. The first-order chi connectivity index (χ1) is 11.6. The second-order valence-corrected chi connectivity index (χ2v) is 6.91. The Labute approximate surface area is 141 Å². The molecule has 0 radical (unpaired) electrons. The van der Waals surface area contributed by atoms with Crippen molar-refractivity contribution in [1.29, 1.82) is 0 Å². The summed E-state index contributed by atoms with van der Waals surface area (Å²) in [5.74, 6) is 1.58. The maximum absolute atomic E-state index is 12.6. The highest BCUT2D eigenvalue weighted by Crippen LogP contribution is 2.39. The Kier molecular flexibility index (Phi) is 3.84. The number of para-hydroxylation sites is 1. The van der Waals surface area contributed by atoms with Crippen molar-refractivity contribution in [3.8, 4) is 5.69 Å². The van der Waals surface area contributed by atoms with E-state index in [1.165, 1.54) is 4.90 Å². The molecule has 1 heterocycles. The van der Waals surface area contributed by atoms with Gasteiger partial charge in [0.25, 0.3) is 5.91 Å². The van der Waals surface area contributed by atoms with Gasteiger partial charge in [-0.2, -0.15) is 0 Å². The third-order valence-corrected chi connectivity index (χ3v) is 4.74. The summed E-state index contributed by atoms with van der Waals surface area (Å²) in [5, 5.41) is 14.5. The van der Waals surface area contributed by atoms with Crippen LogP contribution in [0.4, 0.5) is 0 Å². The van der Waals surface area contributed by atoms with Gasteiger partial charge >= 0.3 is 0 Å². The van der Waals surface area contributed by atoms with Crippen molar-refractivity contribution in [2.45, 2.75) is 37.7 Å². The number of nitrogens with zero attached hydrogens (tertiary/aromatic N) is 4. The molecule has 6 heteroatoms. The molecule has 0 spiro atoms. The average Bonchev–Trinajstić information content (AvgIpc) is 3.51. The third-order valence-electron chi connectivity index (χ3n) is 4.74. The molecule has 0 bridgehead atoms. The lowest BCUT2D eigenvalue weighted by Gasteiger charge is -2.19. The van der Waals surface area contributed by atoms with Crippen molar-refractivity contribution in [3.63, 3.8) is 0 Å². The lowest BCUT2D eigenvalue weighted by atomic mass is 10.2. The number of rotatable bonds is 6. The van der Waals surface area contributed by atoms with Crippen molar-refractivity contribution < 1.29 is 9.90 Å². The Hall–Kier alpha value is -2.21. The highest BCUT2D eigenvalue weighted by molar-refractivity contribution is 5.90. The standard InChI is InChI=1S/C18H22N4O2/c1-21(11-15(23)12-7-8-12)18(24)16-19-17(13-9-10-13)22(20-16)14-5-3-2-4-6-14/h2-6,12-13,15,23H,7-11H2,1H3. The first-order valence-corrected chi connectivity index (χ1v) is 8.59. The Balaban J connectivity index is 1.57. The zero-order valence-corrected chi connectivity index (χ0v) is 13.8. The summed E-state index contributed by atoms with van der Waals surface area (Å²) >= 11 is 0. The molecular formula is C18H22N4O2. The van der Waals surface area contributed by atoms with Crippen LogP contribution in [-0.2, 0) is 0 Å². The number of hydrogen-bond acceptors (Lipinski definition) is 4. The molecule has 24 heavy (non-hydrogen) atoms. The molecular weight excluding hydrogens is 304 g/mol. The van der Waals surface area contributed by atoms with Crippen LogP contribution in [0.25, 0.3) is 5.69 Å². The minimum Gasteiger partial charge on any atom is -0.391 e. The lowest BCUT2D eigenvalue weighted by Crippen LogP contribution is -2.35. The van der Waals surface area contributed by atoms with E-state index >= 15 is 0 Å². The van der Waals surface area contributed by atoms with Crippen LogP contribution in [0, 0.1) is 5.92 Å². The fourth-order valence-electron chi connectivity index (χ4n) is 2.94. The van der Waals surface area contributed by atoms with Gasteiger partial charge in [-0.05, 0) is 43.7 Å². The average molecular weight is 326 g/mol. The summed E-state index contributed by atoms with van der Waals surface area (Å²) in [6, 6.07) is 9.79. The first-order valence-electron chi connectivity index (χ1n) is 8.59. The predicted molar refractivity (Wildman–Crippen MR) is 89.0 cm³/mol. The highest BCUT2D eigenvalue weighted by atomic mass is 16.3. The van der Waals surface area contributed by atoms with Crippen molar-refractivity contribution in [2.75, 3.05) is 13.6 Å². The van der Waals surface area contributed by atoms with Gasteiger partial charge < -0.3 is 10.0 Å². The number of likely N-dealkylation sites (N-methyl/N-ethyl adjacent to an activating group) is 1. The quantitative estimate of drug-likeness (QED) is 0.881. The van der Waals surface area contributed by atoms with E-state index in [1.807, 2.05) is 30.3 Å². The fourth-order valence-corrected chi connectivity index (χ4v) is 2.94. The van der Waals surface area contributed by atoms with Crippen LogP contribution in [-0.4, -0.2) is 50.4 Å². The van der Waals surface area contributed by atoms with Crippen molar-refractivity contribution in [1.82, 2.24) is 19.7 Å². The summed E-state index contributed by atoms with van der Waals surface area (Å²) in [6.07, 6.45) is 3.84. The van der Waals surface area contributed by atoms with Crippen LogP contribution in [0.1, 0.15) is 48.0 Å². The van der Waals surface area contributed by atoms with E-state index in [2.05, 4.69) is 10.1 Å². The molecule has 0 aliphatic heterocycles. The molecule has 6 nitrogen and oxygen atoms in total. The van der Waals surface area contributed by atoms with E-state index in [0.717, 1.165) is 37.2 Å². The highest BCUT2D eigenvalue weighted by Gasteiger charge is 2.34. The van der Waals surface area contributed by atoms with Crippen LogP contribution in [0.3, 0.4) is 0 Å². The number of benzene rings is 1. The molecule has 0 saturated heterocycles. The van der Waals surface area contributed by atoms with Gasteiger partial charge in [0.1, 0.15) is 5.82 Å². The molecule has 1 N–H and O–H groups in total. The Morgan fingerprint density at radius 1 is 1.29 bits per heavy atom. The van der Waals surface area contributed by atoms with Crippen LogP contribution in [0.5, 0.6) is 0 Å². The number of aromatic nitrogens is 3. The minimum atomic E-state index is -0.446. The molecule has 1 amide bonds. The van der Waals surface area contributed by atoms with E-state index in [-0.39, 0.29) is 11.7 Å². The molecule has 2 saturated carbocycles. The van der Waals surface area contributed by atoms with Gasteiger partial charge in [-0.1, -0.05) is 18.2 Å². The van der Waals surface area contributed by atoms with E-state index in [0.29, 0.717) is 18.4 Å². The molecule has 4 rings (SSSR count). The zero-order chi connectivity index (χ0) is 16.7. The van der Waals surface area contributed by atoms with E-state index in [4.69, 9.17) is 0 Å². The van der Waals surface area contributed by atoms with Gasteiger partial charge in [0.05, 0.1) is 11.8 Å². The third kappa shape index (κ3) is 3.06. The number of hydrogen-bond donors (Lipinski definition) is 1. The van der Waals surface area contributed by atoms with Gasteiger partial charge in [0.2, 0.25) is 5.82 Å². The molecule has 1 atom stereocenters. The molecule has 1 aromatic carbocycles. The van der Waals surface area contributed by atoms with Gasteiger partial charge in [0.15, 0.2) is 0 Å². The number of amides is 1. The topological polar surface area (TPSA) is 71.2 Å². The van der Waals surface area contributed by atoms with Crippen molar-refractivity contribution in [3.05, 3.63) is 42.0 Å². The van der Waals surface area contributed by atoms with Gasteiger partial charge in [-0.25, -0.2) is 9.67 Å². The zero-order valence-electron chi connectivity index (χ0n) is 13.8. The first kappa shape index (κ1) is 15.3. The number of aliphatic hydroxyl groups excluding tert-OH is 1. The summed E-state index contributed by atoms with van der Waals surface area (Å²) in [7, 11) is 1.70. The Bertz CT molecular complexity index is 735. The predicted octanol–water partition coefficient (Wildman–Crippen LogP) is 1.99. The normalized spacial score (nSPS) is 18.4. The van der Waals surface area contributed by atoms with E-state index in [9.17, 15) is 9.90 Å².